The number of aliphatic hydroxyl groups excluding tert-OH is 2. The number of carbonyl (C=O) groups is 3. The summed E-state index contributed by atoms with van der Waals surface area (Å²) in [5.74, 6) is -1.52. The first-order valence-corrected chi connectivity index (χ1v) is 11.7. The fraction of sp³-hybridized carbons (Fsp3) is 0.423. The number of aliphatic hydroxyl groups is 3. The van der Waals surface area contributed by atoms with Crippen molar-refractivity contribution in [1.29, 1.82) is 0 Å². The summed E-state index contributed by atoms with van der Waals surface area (Å²) in [4.78, 5) is 42.4. The SMILES string of the molecule is CN(C)c1cc(C#CCN)c(O)c2c1C[C@@H]1C[C@@H]3[C@@H](N(C)C)C(=O)C(C(N)=O)=C(O)[C@]3(O)C(=O)C1=C2O. The van der Waals surface area contributed by atoms with E-state index in [9.17, 15) is 34.8 Å². The Balaban J connectivity index is 2.01. The van der Waals surface area contributed by atoms with Gasteiger partial charge < -0.3 is 36.8 Å². The predicted octanol–water partition coefficient (Wildman–Crippen LogP) is -0.660. The molecule has 0 unspecified atom stereocenters. The monoisotopic (exact) mass is 510 g/mol. The third-order valence-electron chi connectivity index (χ3n) is 7.50. The minimum absolute atomic E-state index is 0.0104. The Morgan fingerprint density at radius 2 is 1.84 bits per heavy atom. The third kappa shape index (κ3) is 3.60. The zero-order valence-corrected chi connectivity index (χ0v) is 21.0. The normalized spacial score (nSPS) is 26.8. The number of ketones is 2. The first-order chi connectivity index (χ1) is 17.3. The molecule has 8 N–H and O–H groups in total. The van der Waals surface area contributed by atoms with Crippen molar-refractivity contribution >= 4 is 28.9 Å². The molecule has 4 atom stereocenters. The first-order valence-electron chi connectivity index (χ1n) is 11.7. The van der Waals surface area contributed by atoms with Gasteiger partial charge in [0.15, 0.2) is 11.4 Å². The molecule has 4 rings (SSSR count). The van der Waals surface area contributed by atoms with E-state index in [1.54, 1.807) is 39.2 Å². The van der Waals surface area contributed by atoms with E-state index in [2.05, 4.69) is 11.8 Å². The van der Waals surface area contributed by atoms with Crippen molar-refractivity contribution in [3.63, 3.8) is 0 Å². The lowest BCUT2D eigenvalue weighted by Crippen LogP contribution is -2.65. The second kappa shape index (κ2) is 8.92. The Hall–Kier alpha value is -3.85. The molecular weight excluding hydrogens is 480 g/mol. The van der Waals surface area contributed by atoms with Gasteiger partial charge in [-0.25, -0.2) is 0 Å². The molecule has 11 nitrogen and oxygen atoms in total. The van der Waals surface area contributed by atoms with Gasteiger partial charge in [0.05, 0.1) is 23.7 Å². The molecule has 3 aliphatic carbocycles. The molecule has 0 aromatic heterocycles. The molecule has 0 spiro atoms. The van der Waals surface area contributed by atoms with E-state index in [1.807, 2.05) is 0 Å². The molecule has 1 saturated carbocycles. The fourth-order valence-corrected chi connectivity index (χ4v) is 5.93. The highest BCUT2D eigenvalue weighted by atomic mass is 16.3. The number of amides is 1. The minimum atomic E-state index is -2.68. The van der Waals surface area contributed by atoms with Crippen molar-refractivity contribution in [2.75, 3.05) is 39.6 Å². The largest absolute Gasteiger partial charge is 0.508 e. The van der Waals surface area contributed by atoms with Gasteiger partial charge in [-0.2, -0.15) is 0 Å². The fourth-order valence-electron chi connectivity index (χ4n) is 5.93. The Morgan fingerprint density at radius 1 is 1.19 bits per heavy atom. The van der Waals surface area contributed by atoms with Crippen LogP contribution in [0, 0.1) is 23.7 Å². The van der Waals surface area contributed by atoms with Crippen LogP contribution < -0.4 is 16.4 Å². The maximum absolute atomic E-state index is 13.9. The lowest BCUT2D eigenvalue weighted by Gasteiger charge is -2.50. The topological polar surface area (TPSA) is 191 Å². The summed E-state index contributed by atoms with van der Waals surface area (Å²) < 4.78 is 0. The molecule has 1 aromatic rings. The summed E-state index contributed by atoms with van der Waals surface area (Å²) >= 11 is 0. The Morgan fingerprint density at radius 3 is 2.38 bits per heavy atom. The van der Waals surface area contributed by atoms with Gasteiger partial charge in [-0.15, -0.1) is 0 Å². The van der Waals surface area contributed by atoms with Crippen molar-refractivity contribution in [3.05, 3.63) is 39.7 Å². The molecule has 37 heavy (non-hydrogen) atoms. The summed E-state index contributed by atoms with van der Waals surface area (Å²) in [6.45, 7) is 0.0371. The Kier molecular flexibility index (Phi) is 6.32. The van der Waals surface area contributed by atoms with E-state index in [0.717, 1.165) is 0 Å². The second-order valence-corrected chi connectivity index (χ2v) is 10.0. The van der Waals surface area contributed by atoms with Crippen LogP contribution in [-0.2, 0) is 20.8 Å². The molecule has 196 valence electrons. The molecular formula is C26H30N4O7. The Bertz CT molecular complexity index is 1360. The number of carbonyl (C=O) groups excluding carboxylic acids is 3. The molecule has 11 heteroatoms. The highest BCUT2D eigenvalue weighted by Crippen LogP contribution is 2.54. The number of aromatic hydroxyl groups is 1. The number of nitrogens with zero attached hydrogens (tertiary/aromatic N) is 2. The molecule has 1 fully saturated rings. The summed E-state index contributed by atoms with van der Waals surface area (Å²) in [6.07, 6.45) is 0.217. The number of hydrogen-bond donors (Lipinski definition) is 6. The van der Waals surface area contributed by atoms with Crippen molar-refractivity contribution in [2.45, 2.75) is 24.5 Å². The maximum atomic E-state index is 13.9. The van der Waals surface area contributed by atoms with Crippen LogP contribution in [0.5, 0.6) is 5.75 Å². The molecule has 1 aromatic carbocycles. The van der Waals surface area contributed by atoms with E-state index in [-0.39, 0.29) is 41.8 Å². The maximum Gasteiger partial charge on any atom is 0.255 e. The molecule has 0 bridgehead atoms. The van der Waals surface area contributed by atoms with Crippen LogP contribution in [0.4, 0.5) is 5.69 Å². The van der Waals surface area contributed by atoms with Crippen LogP contribution in [0.2, 0.25) is 0 Å². The van der Waals surface area contributed by atoms with E-state index in [1.165, 1.54) is 4.90 Å². The third-order valence-corrected chi connectivity index (χ3v) is 7.50. The van der Waals surface area contributed by atoms with Gasteiger partial charge in [0.2, 0.25) is 5.78 Å². The number of rotatable bonds is 3. The van der Waals surface area contributed by atoms with E-state index >= 15 is 0 Å². The molecule has 3 aliphatic rings. The van der Waals surface area contributed by atoms with Crippen LogP contribution >= 0.6 is 0 Å². The molecule has 0 radical (unpaired) electrons. The van der Waals surface area contributed by atoms with Gasteiger partial charge >= 0.3 is 0 Å². The van der Waals surface area contributed by atoms with Crippen LogP contribution in [0.3, 0.4) is 0 Å². The lowest BCUT2D eigenvalue weighted by molar-refractivity contribution is -0.153. The van der Waals surface area contributed by atoms with Gasteiger partial charge in [0.25, 0.3) is 5.91 Å². The number of hydrogen-bond acceptors (Lipinski definition) is 10. The van der Waals surface area contributed by atoms with Crippen molar-refractivity contribution < 1.29 is 34.8 Å². The minimum Gasteiger partial charge on any atom is -0.508 e. The number of phenolic OH excluding ortho intramolecular Hbond substituents is 1. The molecule has 0 aliphatic heterocycles. The molecule has 0 heterocycles. The van der Waals surface area contributed by atoms with E-state index in [0.29, 0.717) is 11.3 Å². The van der Waals surface area contributed by atoms with E-state index < -0.39 is 58.0 Å². The molecule has 1 amide bonds. The van der Waals surface area contributed by atoms with Crippen LogP contribution in [0.25, 0.3) is 5.76 Å². The van der Waals surface area contributed by atoms with Crippen molar-refractivity contribution in [2.24, 2.45) is 23.3 Å². The average molecular weight is 511 g/mol. The first kappa shape index (κ1) is 26.2. The quantitative estimate of drug-likeness (QED) is 0.225. The lowest BCUT2D eigenvalue weighted by atomic mass is 9.57. The predicted molar refractivity (Wildman–Crippen MR) is 135 cm³/mol. The second-order valence-electron chi connectivity index (χ2n) is 10.0. The van der Waals surface area contributed by atoms with Crippen molar-refractivity contribution in [1.82, 2.24) is 4.90 Å². The Labute approximate surface area is 213 Å². The number of primary amides is 1. The summed E-state index contributed by atoms with van der Waals surface area (Å²) in [6, 6.07) is 0.532. The summed E-state index contributed by atoms with van der Waals surface area (Å²) in [7, 11) is 6.67. The number of fused-ring (bicyclic) bond motifs is 3. The highest BCUT2D eigenvalue weighted by molar-refractivity contribution is 6.24. The van der Waals surface area contributed by atoms with Crippen LogP contribution in [0.1, 0.15) is 23.1 Å². The van der Waals surface area contributed by atoms with Crippen LogP contribution in [-0.4, -0.2) is 89.2 Å². The highest BCUT2D eigenvalue weighted by Gasteiger charge is 2.64. The number of anilines is 1. The standard InChI is InChI=1S/C26H30N4O7/c1-29(2)15-10-11(6-5-7-27)20(31)17-13(15)8-12-9-14-19(30(3)4)22(33)18(25(28)36)24(35)26(14,37)23(34)16(12)21(17)32/h10,12,14,19,31-32,35,37H,7-9,27H2,1-4H3,(H2,28,36)/t12-,14-,19-,26-/m1/s1. The van der Waals surface area contributed by atoms with Gasteiger partial charge in [0, 0.05) is 31.3 Å². The zero-order chi connectivity index (χ0) is 27.6. The summed E-state index contributed by atoms with van der Waals surface area (Å²) in [5, 5.41) is 45.0. The number of Topliss-reactive ketones (excluding diaryl/α,β-unsaturated/α-hetero) is 2. The number of phenols is 1. The zero-order valence-electron chi connectivity index (χ0n) is 21.0. The number of nitrogens with two attached hydrogens (primary N) is 2. The van der Waals surface area contributed by atoms with E-state index in [4.69, 9.17) is 11.5 Å². The number of likely N-dealkylation sites (N-methyl/N-ethyl adjacent to an activating group) is 1. The van der Waals surface area contributed by atoms with Gasteiger partial charge in [-0.3, -0.25) is 19.3 Å². The summed E-state index contributed by atoms with van der Waals surface area (Å²) in [5.41, 5.74) is 8.46. The van der Waals surface area contributed by atoms with Crippen molar-refractivity contribution in [3.8, 4) is 17.6 Å². The molecule has 0 saturated heterocycles. The van der Waals surface area contributed by atoms with Crippen LogP contribution in [0.15, 0.2) is 23.0 Å². The smallest absolute Gasteiger partial charge is 0.255 e. The average Bonchev–Trinajstić information content (AvgIpc) is 2.80. The van der Waals surface area contributed by atoms with Gasteiger partial charge in [-0.1, -0.05) is 11.8 Å². The number of benzene rings is 1. The van der Waals surface area contributed by atoms with Gasteiger partial charge in [-0.05, 0) is 44.5 Å². The van der Waals surface area contributed by atoms with Gasteiger partial charge in [0.1, 0.15) is 22.8 Å².